The summed E-state index contributed by atoms with van der Waals surface area (Å²) in [6.07, 6.45) is 3.66. The second-order valence-electron chi connectivity index (χ2n) is 5.72. The molecule has 1 saturated carbocycles. The Balaban J connectivity index is 1.76. The standard InChI is InChI=1S/C18H21N3O4/c1-23-14-8-13(9-15(24-2)17(14)25-3)20-16-7-4-11(10-19-16)18(22)21-12-5-6-12/h4,7-10,12H,5-6H2,1-3H3,(H,19,20)(H,21,22). The SMILES string of the molecule is COc1cc(Nc2ccc(C(=O)NC3CC3)cn2)cc(OC)c1OC. The van der Waals surface area contributed by atoms with Gasteiger partial charge < -0.3 is 24.8 Å². The number of carbonyl (C=O) groups excluding carboxylic acids is 1. The molecule has 2 aromatic rings. The van der Waals surface area contributed by atoms with E-state index in [1.165, 1.54) is 0 Å². The van der Waals surface area contributed by atoms with E-state index in [1.807, 2.05) is 0 Å². The van der Waals surface area contributed by atoms with Crippen LogP contribution in [0.1, 0.15) is 23.2 Å². The third kappa shape index (κ3) is 3.93. The summed E-state index contributed by atoms with van der Waals surface area (Å²) in [5.74, 6) is 2.14. The first-order valence-electron chi connectivity index (χ1n) is 7.98. The van der Waals surface area contributed by atoms with Gasteiger partial charge in [-0.3, -0.25) is 4.79 Å². The van der Waals surface area contributed by atoms with Gasteiger partial charge in [-0.1, -0.05) is 0 Å². The number of ether oxygens (including phenoxy) is 3. The summed E-state index contributed by atoms with van der Waals surface area (Å²) in [5.41, 5.74) is 1.28. The van der Waals surface area contributed by atoms with E-state index in [9.17, 15) is 4.79 Å². The van der Waals surface area contributed by atoms with Gasteiger partial charge in [0, 0.05) is 30.1 Å². The number of amides is 1. The number of nitrogens with zero attached hydrogens (tertiary/aromatic N) is 1. The Morgan fingerprint density at radius 2 is 1.76 bits per heavy atom. The fraction of sp³-hybridized carbons (Fsp3) is 0.333. The molecule has 3 rings (SSSR count). The van der Waals surface area contributed by atoms with Gasteiger partial charge in [-0.15, -0.1) is 0 Å². The van der Waals surface area contributed by atoms with Gasteiger partial charge in [0.05, 0.1) is 26.9 Å². The number of carbonyl (C=O) groups is 1. The molecule has 0 spiro atoms. The highest BCUT2D eigenvalue weighted by Crippen LogP contribution is 2.40. The van der Waals surface area contributed by atoms with E-state index in [2.05, 4.69) is 15.6 Å². The lowest BCUT2D eigenvalue weighted by molar-refractivity contribution is 0.0951. The minimum absolute atomic E-state index is 0.0886. The zero-order valence-corrected chi connectivity index (χ0v) is 14.5. The Morgan fingerprint density at radius 3 is 2.24 bits per heavy atom. The number of aromatic nitrogens is 1. The predicted octanol–water partition coefficient (Wildman–Crippen LogP) is 2.74. The highest BCUT2D eigenvalue weighted by atomic mass is 16.5. The van der Waals surface area contributed by atoms with Crippen LogP contribution < -0.4 is 24.8 Å². The maximum Gasteiger partial charge on any atom is 0.253 e. The lowest BCUT2D eigenvalue weighted by atomic mass is 10.2. The van der Waals surface area contributed by atoms with Crippen LogP contribution in [0.3, 0.4) is 0 Å². The molecule has 0 atom stereocenters. The Morgan fingerprint density at radius 1 is 1.08 bits per heavy atom. The average Bonchev–Trinajstić information content (AvgIpc) is 3.45. The zero-order valence-electron chi connectivity index (χ0n) is 14.5. The number of pyridine rings is 1. The molecule has 0 bridgehead atoms. The molecule has 25 heavy (non-hydrogen) atoms. The van der Waals surface area contributed by atoms with Crippen LogP contribution in [0.5, 0.6) is 17.2 Å². The molecule has 1 amide bonds. The average molecular weight is 343 g/mol. The highest BCUT2D eigenvalue weighted by Gasteiger charge is 2.23. The quantitative estimate of drug-likeness (QED) is 0.804. The Kier molecular flexibility index (Phi) is 4.92. The molecule has 1 heterocycles. The van der Waals surface area contributed by atoms with Crippen LogP contribution in [0.4, 0.5) is 11.5 Å². The van der Waals surface area contributed by atoms with Crippen molar-refractivity contribution in [1.82, 2.24) is 10.3 Å². The first-order valence-corrected chi connectivity index (χ1v) is 7.98. The Labute approximate surface area is 146 Å². The molecule has 1 aromatic heterocycles. The van der Waals surface area contributed by atoms with Crippen molar-refractivity contribution in [2.45, 2.75) is 18.9 Å². The van der Waals surface area contributed by atoms with E-state index in [0.717, 1.165) is 18.5 Å². The van der Waals surface area contributed by atoms with Crippen LogP contribution in [0.25, 0.3) is 0 Å². The second-order valence-corrected chi connectivity index (χ2v) is 5.72. The first-order chi connectivity index (χ1) is 12.1. The van der Waals surface area contributed by atoms with Gasteiger partial charge in [0.15, 0.2) is 11.5 Å². The van der Waals surface area contributed by atoms with Crippen molar-refractivity contribution < 1.29 is 19.0 Å². The van der Waals surface area contributed by atoms with Gasteiger partial charge >= 0.3 is 0 Å². The zero-order chi connectivity index (χ0) is 17.8. The van der Waals surface area contributed by atoms with Crippen molar-refractivity contribution in [1.29, 1.82) is 0 Å². The van der Waals surface area contributed by atoms with Crippen molar-refractivity contribution in [2.75, 3.05) is 26.6 Å². The van der Waals surface area contributed by atoms with Crippen molar-refractivity contribution in [2.24, 2.45) is 0 Å². The van der Waals surface area contributed by atoms with E-state index >= 15 is 0 Å². The lowest BCUT2D eigenvalue weighted by Crippen LogP contribution is -2.25. The van der Waals surface area contributed by atoms with Crippen LogP contribution in [0, 0.1) is 0 Å². The number of benzene rings is 1. The summed E-state index contributed by atoms with van der Waals surface area (Å²) in [5, 5.41) is 6.10. The van der Waals surface area contributed by atoms with Gasteiger partial charge in [0.1, 0.15) is 5.82 Å². The molecule has 2 N–H and O–H groups in total. The summed E-state index contributed by atoms with van der Waals surface area (Å²) < 4.78 is 16.0. The maximum atomic E-state index is 12.0. The number of hydrogen-bond acceptors (Lipinski definition) is 6. The molecule has 7 nitrogen and oxygen atoms in total. The summed E-state index contributed by atoms with van der Waals surface area (Å²) in [4.78, 5) is 16.3. The van der Waals surface area contributed by atoms with Gasteiger partial charge in [-0.25, -0.2) is 4.98 Å². The van der Waals surface area contributed by atoms with Crippen molar-refractivity contribution in [3.05, 3.63) is 36.0 Å². The Bertz CT molecular complexity index is 732. The number of rotatable bonds is 7. The maximum absolute atomic E-state index is 12.0. The minimum atomic E-state index is -0.0886. The molecule has 1 aliphatic rings. The molecule has 1 fully saturated rings. The molecule has 0 radical (unpaired) electrons. The molecular weight excluding hydrogens is 322 g/mol. The van der Waals surface area contributed by atoms with Crippen molar-refractivity contribution in [3.63, 3.8) is 0 Å². The highest BCUT2D eigenvalue weighted by molar-refractivity contribution is 5.94. The molecular formula is C18H21N3O4. The number of hydrogen-bond donors (Lipinski definition) is 2. The smallest absolute Gasteiger partial charge is 0.253 e. The number of methoxy groups -OCH3 is 3. The molecule has 132 valence electrons. The van der Waals surface area contributed by atoms with Crippen LogP contribution in [-0.4, -0.2) is 38.3 Å². The summed E-state index contributed by atoms with van der Waals surface area (Å²) in [6.45, 7) is 0. The van der Waals surface area contributed by atoms with Crippen LogP contribution in [-0.2, 0) is 0 Å². The molecule has 1 aliphatic carbocycles. The fourth-order valence-electron chi connectivity index (χ4n) is 2.40. The lowest BCUT2D eigenvalue weighted by Gasteiger charge is -2.15. The van der Waals surface area contributed by atoms with Crippen LogP contribution in [0.2, 0.25) is 0 Å². The fourth-order valence-corrected chi connectivity index (χ4v) is 2.40. The van der Waals surface area contributed by atoms with Crippen LogP contribution >= 0.6 is 0 Å². The van der Waals surface area contributed by atoms with E-state index < -0.39 is 0 Å². The number of anilines is 2. The third-order valence-electron chi connectivity index (χ3n) is 3.88. The van der Waals surface area contributed by atoms with E-state index in [0.29, 0.717) is 34.7 Å². The Hall–Kier alpha value is -2.96. The summed E-state index contributed by atoms with van der Waals surface area (Å²) in [6, 6.07) is 7.40. The van der Waals surface area contributed by atoms with Gasteiger partial charge in [0.25, 0.3) is 5.91 Å². The number of nitrogens with one attached hydrogen (secondary N) is 2. The minimum Gasteiger partial charge on any atom is -0.493 e. The van der Waals surface area contributed by atoms with E-state index in [1.54, 1.807) is 51.8 Å². The van der Waals surface area contributed by atoms with Crippen molar-refractivity contribution >= 4 is 17.4 Å². The van der Waals surface area contributed by atoms with Gasteiger partial charge in [-0.2, -0.15) is 0 Å². The predicted molar refractivity (Wildman–Crippen MR) is 94.1 cm³/mol. The topological polar surface area (TPSA) is 81.7 Å². The second kappa shape index (κ2) is 7.29. The largest absolute Gasteiger partial charge is 0.493 e. The van der Waals surface area contributed by atoms with Gasteiger partial charge in [-0.05, 0) is 25.0 Å². The first kappa shape index (κ1) is 16.9. The normalized spacial score (nSPS) is 13.1. The molecule has 0 unspecified atom stereocenters. The third-order valence-corrected chi connectivity index (χ3v) is 3.88. The molecule has 0 saturated heterocycles. The monoisotopic (exact) mass is 343 g/mol. The summed E-state index contributed by atoms with van der Waals surface area (Å²) in [7, 11) is 4.68. The van der Waals surface area contributed by atoms with Crippen LogP contribution in [0.15, 0.2) is 30.5 Å². The molecule has 1 aromatic carbocycles. The van der Waals surface area contributed by atoms with Crippen molar-refractivity contribution in [3.8, 4) is 17.2 Å². The van der Waals surface area contributed by atoms with Gasteiger partial charge in [0.2, 0.25) is 5.75 Å². The summed E-state index contributed by atoms with van der Waals surface area (Å²) >= 11 is 0. The van der Waals surface area contributed by atoms with E-state index in [-0.39, 0.29) is 5.91 Å². The molecule has 0 aliphatic heterocycles. The van der Waals surface area contributed by atoms with E-state index in [4.69, 9.17) is 14.2 Å². The molecule has 7 heteroatoms.